The molecule has 4 atom stereocenters. The summed E-state index contributed by atoms with van der Waals surface area (Å²) in [5.74, 6) is -0.735. The van der Waals surface area contributed by atoms with Gasteiger partial charge in [0, 0.05) is 25.2 Å². The van der Waals surface area contributed by atoms with Crippen LogP contribution >= 0.6 is 0 Å². The maximum Gasteiger partial charge on any atom is 0.310 e. The van der Waals surface area contributed by atoms with Gasteiger partial charge in [0.2, 0.25) is 0 Å². The van der Waals surface area contributed by atoms with Crippen molar-refractivity contribution < 1.29 is 19.1 Å². The van der Waals surface area contributed by atoms with E-state index in [-0.39, 0.29) is 49.1 Å². The summed E-state index contributed by atoms with van der Waals surface area (Å²) in [5.41, 5.74) is 0. The number of carbonyl (C=O) groups excluding carboxylic acids is 2. The molecule has 0 radical (unpaired) electrons. The predicted octanol–water partition coefficient (Wildman–Crippen LogP) is -0.711. The summed E-state index contributed by atoms with van der Waals surface area (Å²) in [6.45, 7) is 5.67. The van der Waals surface area contributed by atoms with Gasteiger partial charge in [0.1, 0.15) is 13.2 Å². The zero-order valence-electron chi connectivity index (χ0n) is 10.8. The average molecular weight is 256 g/mol. The van der Waals surface area contributed by atoms with Crippen molar-refractivity contribution in [2.75, 3.05) is 26.3 Å². The lowest BCUT2D eigenvalue weighted by Gasteiger charge is -2.11. The summed E-state index contributed by atoms with van der Waals surface area (Å²) < 4.78 is 10.1. The predicted molar refractivity (Wildman–Crippen MR) is 63.8 cm³/mol. The number of rotatable bonds is 7. The molecule has 4 unspecified atom stereocenters. The largest absolute Gasteiger partial charge is 0.462 e. The van der Waals surface area contributed by atoms with E-state index >= 15 is 0 Å². The first-order chi connectivity index (χ1) is 8.59. The van der Waals surface area contributed by atoms with Gasteiger partial charge >= 0.3 is 11.9 Å². The van der Waals surface area contributed by atoms with Crippen LogP contribution in [0.3, 0.4) is 0 Å². The Hall–Kier alpha value is -1.14. The van der Waals surface area contributed by atoms with Crippen molar-refractivity contribution in [3.05, 3.63) is 0 Å². The first kappa shape index (κ1) is 13.3. The number of hydrogen-bond donors (Lipinski definition) is 2. The van der Waals surface area contributed by atoms with Crippen molar-refractivity contribution in [3.63, 3.8) is 0 Å². The Morgan fingerprint density at radius 3 is 1.61 bits per heavy atom. The highest BCUT2D eigenvalue weighted by atomic mass is 16.6. The second-order valence-corrected chi connectivity index (χ2v) is 4.94. The Labute approximate surface area is 106 Å². The maximum atomic E-state index is 11.5. The monoisotopic (exact) mass is 256 g/mol. The van der Waals surface area contributed by atoms with Crippen molar-refractivity contribution in [1.82, 2.24) is 10.6 Å². The van der Waals surface area contributed by atoms with Gasteiger partial charge in [0.25, 0.3) is 0 Å². The molecule has 102 valence electrons. The molecule has 0 bridgehead atoms. The quantitative estimate of drug-likeness (QED) is 0.355. The summed E-state index contributed by atoms with van der Waals surface area (Å²) in [7, 11) is 0. The fourth-order valence-corrected chi connectivity index (χ4v) is 1.72. The lowest BCUT2D eigenvalue weighted by atomic mass is 10.1. The van der Waals surface area contributed by atoms with Gasteiger partial charge in [-0.15, -0.1) is 0 Å². The zero-order valence-corrected chi connectivity index (χ0v) is 10.8. The van der Waals surface area contributed by atoms with Crippen LogP contribution in [0, 0.1) is 11.8 Å². The molecule has 0 aromatic heterocycles. The molecule has 2 aliphatic rings. The molecule has 2 heterocycles. The molecule has 0 aliphatic carbocycles. The lowest BCUT2D eigenvalue weighted by Crippen LogP contribution is -2.25. The molecule has 6 nitrogen and oxygen atoms in total. The zero-order chi connectivity index (χ0) is 13.1. The van der Waals surface area contributed by atoms with Gasteiger partial charge < -0.3 is 20.1 Å². The number of nitrogens with one attached hydrogen (secondary N) is 2. The van der Waals surface area contributed by atoms with Crippen molar-refractivity contribution in [3.8, 4) is 0 Å². The SMILES string of the molecule is CC(C(=O)OCCOC(=O)C(C)C1CN1)C1CN1. The van der Waals surface area contributed by atoms with Gasteiger partial charge in [0.15, 0.2) is 0 Å². The third kappa shape index (κ3) is 3.68. The topological polar surface area (TPSA) is 96.5 Å². The minimum Gasteiger partial charge on any atom is -0.462 e. The average Bonchev–Trinajstić information content (AvgIpc) is 3.21. The Morgan fingerprint density at radius 2 is 1.33 bits per heavy atom. The Morgan fingerprint density at radius 1 is 1.00 bits per heavy atom. The number of esters is 2. The van der Waals surface area contributed by atoms with Crippen LogP contribution in [-0.2, 0) is 19.1 Å². The van der Waals surface area contributed by atoms with Crippen LogP contribution in [0.15, 0.2) is 0 Å². The van der Waals surface area contributed by atoms with Crippen LogP contribution in [0.1, 0.15) is 13.8 Å². The molecule has 0 aromatic carbocycles. The normalized spacial score (nSPS) is 28.1. The lowest BCUT2D eigenvalue weighted by molar-refractivity contribution is -0.156. The van der Waals surface area contributed by atoms with Gasteiger partial charge in [-0.2, -0.15) is 0 Å². The van der Waals surface area contributed by atoms with Gasteiger partial charge in [-0.05, 0) is 0 Å². The second kappa shape index (κ2) is 5.67. The van der Waals surface area contributed by atoms with E-state index in [0.29, 0.717) is 0 Å². The van der Waals surface area contributed by atoms with Crippen LogP contribution < -0.4 is 10.6 Å². The fourth-order valence-electron chi connectivity index (χ4n) is 1.72. The second-order valence-electron chi connectivity index (χ2n) is 4.94. The van der Waals surface area contributed by atoms with Crippen LogP contribution in [0.4, 0.5) is 0 Å². The number of hydrogen-bond acceptors (Lipinski definition) is 6. The molecule has 0 aromatic rings. The van der Waals surface area contributed by atoms with Gasteiger partial charge in [-0.25, -0.2) is 0 Å². The highest BCUT2D eigenvalue weighted by Crippen LogP contribution is 2.14. The van der Waals surface area contributed by atoms with E-state index in [4.69, 9.17) is 9.47 Å². The molecule has 18 heavy (non-hydrogen) atoms. The maximum absolute atomic E-state index is 11.5. The number of carbonyl (C=O) groups is 2. The Kier molecular flexibility index (Phi) is 4.19. The molecule has 2 N–H and O–H groups in total. The standard InChI is InChI=1S/C12H20N2O4/c1-7(9-5-13-9)11(15)17-3-4-18-12(16)8(2)10-6-14-10/h7-10,13-14H,3-6H2,1-2H3. The molecule has 6 heteroatoms. The smallest absolute Gasteiger partial charge is 0.310 e. The van der Waals surface area contributed by atoms with E-state index in [1.54, 1.807) is 0 Å². The summed E-state index contributed by atoms with van der Waals surface area (Å²) in [5, 5.41) is 6.13. The first-order valence-electron chi connectivity index (χ1n) is 6.39. The van der Waals surface area contributed by atoms with Crippen LogP contribution in [0.2, 0.25) is 0 Å². The third-order valence-corrected chi connectivity index (χ3v) is 3.40. The molecular weight excluding hydrogens is 236 g/mol. The van der Waals surface area contributed by atoms with Crippen molar-refractivity contribution in [1.29, 1.82) is 0 Å². The van der Waals surface area contributed by atoms with Crippen LogP contribution in [0.25, 0.3) is 0 Å². The van der Waals surface area contributed by atoms with E-state index in [9.17, 15) is 9.59 Å². The van der Waals surface area contributed by atoms with Gasteiger partial charge in [-0.3, -0.25) is 9.59 Å². The summed E-state index contributed by atoms with van der Waals surface area (Å²) in [4.78, 5) is 23.0. The minimum atomic E-state index is -0.238. The molecule has 0 spiro atoms. The van der Waals surface area contributed by atoms with E-state index in [2.05, 4.69) is 10.6 Å². The van der Waals surface area contributed by atoms with Gasteiger partial charge in [-0.1, -0.05) is 13.8 Å². The fraction of sp³-hybridized carbons (Fsp3) is 0.833. The molecule has 2 aliphatic heterocycles. The molecule has 2 saturated heterocycles. The van der Waals surface area contributed by atoms with E-state index in [1.165, 1.54) is 0 Å². The van der Waals surface area contributed by atoms with E-state index in [1.807, 2.05) is 13.8 Å². The van der Waals surface area contributed by atoms with Crippen LogP contribution in [0.5, 0.6) is 0 Å². The number of ether oxygens (including phenoxy) is 2. The van der Waals surface area contributed by atoms with Crippen LogP contribution in [-0.4, -0.2) is 50.3 Å². The Bertz CT molecular complexity index is 294. The summed E-state index contributed by atoms with van der Waals surface area (Å²) in [6.07, 6.45) is 0. The summed E-state index contributed by atoms with van der Waals surface area (Å²) >= 11 is 0. The molecular formula is C12H20N2O4. The van der Waals surface area contributed by atoms with E-state index < -0.39 is 0 Å². The van der Waals surface area contributed by atoms with Crippen molar-refractivity contribution in [2.45, 2.75) is 25.9 Å². The van der Waals surface area contributed by atoms with E-state index in [0.717, 1.165) is 13.1 Å². The molecule has 0 saturated carbocycles. The first-order valence-corrected chi connectivity index (χ1v) is 6.39. The summed E-state index contributed by atoms with van der Waals surface area (Å²) in [6, 6.07) is 0.502. The van der Waals surface area contributed by atoms with Crippen molar-refractivity contribution >= 4 is 11.9 Å². The van der Waals surface area contributed by atoms with Gasteiger partial charge in [0.05, 0.1) is 11.8 Å². The highest BCUT2D eigenvalue weighted by molar-refractivity contribution is 5.74. The Balaban J connectivity index is 1.54. The highest BCUT2D eigenvalue weighted by Gasteiger charge is 2.34. The van der Waals surface area contributed by atoms with Crippen molar-refractivity contribution in [2.24, 2.45) is 11.8 Å². The molecule has 0 amide bonds. The minimum absolute atomic E-state index is 0.129. The molecule has 2 rings (SSSR count). The molecule has 2 fully saturated rings. The third-order valence-electron chi connectivity index (χ3n) is 3.40.